The molecule has 0 aromatic rings. The van der Waals surface area contributed by atoms with Gasteiger partial charge in [0.2, 0.25) is 5.91 Å². The maximum absolute atomic E-state index is 12.7. The first-order valence-electron chi connectivity index (χ1n) is 20.9. The third-order valence-corrected chi connectivity index (χ3v) is 8.68. The van der Waals surface area contributed by atoms with Crippen LogP contribution in [-0.2, 0) is 19.1 Å². The summed E-state index contributed by atoms with van der Waals surface area (Å²) in [5.41, 5.74) is 5.48. The molecule has 0 aliphatic carbocycles. The number of carbonyl (C=O) groups excluding carboxylic acids is 2. The molecule has 0 aliphatic rings. The number of carbonyl (C=O) groups is 3. The van der Waals surface area contributed by atoms with E-state index in [4.69, 9.17) is 10.5 Å². The predicted molar refractivity (Wildman–Crippen MR) is 225 cm³/mol. The zero-order valence-electron chi connectivity index (χ0n) is 33.6. The molecule has 0 saturated heterocycles. The maximum atomic E-state index is 12.7. The highest BCUT2D eigenvalue weighted by Gasteiger charge is 2.19. The molecule has 0 spiro atoms. The van der Waals surface area contributed by atoms with Crippen molar-refractivity contribution < 1.29 is 24.2 Å². The first-order valence-corrected chi connectivity index (χ1v) is 20.9. The van der Waals surface area contributed by atoms with Crippen molar-refractivity contribution in [2.75, 3.05) is 6.54 Å². The fourth-order valence-electron chi connectivity index (χ4n) is 5.54. The van der Waals surface area contributed by atoms with Crippen LogP contribution in [0, 0.1) is 0 Å². The topological polar surface area (TPSA) is 119 Å². The Hall–Kier alpha value is -3.45. The number of aliphatic carboxylic acids is 1. The van der Waals surface area contributed by atoms with E-state index in [1.54, 1.807) is 0 Å². The number of nitrogens with two attached hydrogens (primary N) is 1. The number of nitrogens with one attached hydrogen (secondary N) is 1. The summed E-state index contributed by atoms with van der Waals surface area (Å²) >= 11 is 0. The smallest absolute Gasteiger partial charge is 0.326 e. The second-order valence-electron chi connectivity index (χ2n) is 13.7. The minimum absolute atomic E-state index is 0.139. The average Bonchev–Trinajstić information content (AvgIpc) is 3.14. The number of carboxylic acids is 1. The van der Waals surface area contributed by atoms with Gasteiger partial charge in [-0.3, -0.25) is 9.59 Å². The van der Waals surface area contributed by atoms with Gasteiger partial charge >= 0.3 is 11.9 Å². The van der Waals surface area contributed by atoms with Gasteiger partial charge in [-0.05, 0) is 115 Å². The maximum Gasteiger partial charge on any atom is 0.326 e. The third kappa shape index (κ3) is 36.7. The van der Waals surface area contributed by atoms with Gasteiger partial charge in [0.15, 0.2) is 0 Å². The molecule has 0 aliphatic heterocycles. The number of ether oxygens (including phenoxy) is 1. The molecule has 0 radical (unpaired) electrons. The molecule has 7 heteroatoms. The largest absolute Gasteiger partial charge is 0.480 e. The quantitative estimate of drug-likeness (QED) is 0.0335. The monoisotopic (exact) mass is 737 g/mol. The first kappa shape index (κ1) is 49.6. The van der Waals surface area contributed by atoms with Crippen molar-refractivity contribution in [2.45, 2.75) is 180 Å². The second-order valence-corrected chi connectivity index (χ2v) is 13.7. The Kier molecular flexibility index (Phi) is 37.2. The Morgan fingerprint density at radius 2 is 1.09 bits per heavy atom. The van der Waals surface area contributed by atoms with Gasteiger partial charge < -0.3 is 20.9 Å². The molecule has 0 fully saturated rings. The zero-order chi connectivity index (χ0) is 38.9. The normalized spacial score (nSPS) is 13.6. The van der Waals surface area contributed by atoms with Crippen LogP contribution in [0.1, 0.15) is 168 Å². The SMILES string of the molecule is CC/C=C\C/C=C\C/C=C\C/C=C\C/C=C\CCCCCC(=O)OC(/C=C\C/C=C\CCCCCC)CCCCCCC(=O)NC(CCCN)C(=O)O. The third-order valence-electron chi connectivity index (χ3n) is 8.68. The molecule has 53 heavy (non-hydrogen) atoms. The molecule has 2 atom stereocenters. The van der Waals surface area contributed by atoms with E-state index in [1.807, 2.05) is 6.08 Å². The van der Waals surface area contributed by atoms with Crippen molar-refractivity contribution in [2.24, 2.45) is 5.73 Å². The van der Waals surface area contributed by atoms with Crippen LogP contribution < -0.4 is 11.1 Å². The van der Waals surface area contributed by atoms with Crippen molar-refractivity contribution in [3.63, 3.8) is 0 Å². The lowest BCUT2D eigenvalue weighted by atomic mass is 10.1. The van der Waals surface area contributed by atoms with Crippen molar-refractivity contribution in [1.29, 1.82) is 0 Å². The van der Waals surface area contributed by atoms with Crippen LogP contribution >= 0.6 is 0 Å². The number of unbranched alkanes of at least 4 members (excludes halogenated alkanes) is 10. The molecule has 0 saturated carbocycles. The highest BCUT2D eigenvalue weighted by Crippen LogP contribution is 2.14. The Labute approximate surface area is 324 Å². The van der Waals surface area contributed by atoms with Gasteiger partial charge in [0.05, 0.1) is 0 Å². The summed E-state index contributed by atoms with van der Waals surface area (Å²) in [5.74, 6) is -1.40. The second kappa shape index (κ2) is 39.8. The number of esters is 1. The minimum Gasteiger partial charge on any atom is -0.480 e. The summed E-state index contributed by atoms with van der Waals surface area (Å²) < 4.78 is 5.89. The lowest BCUT2D eigenvalue weighted by Gasteiger charge is -2.15. The first-order chi connectivity index (χ1) is 25.9. The van der Waals surface area contributed by atoms with Crippen molar-refractivity contribution in [1.82, 2.24) is 5.32 Å². The summed E-state index contributed by atoms with van der Waals surface area (Å²) in [5, 5.41) is 11.9. The molecule has 0 aromatic heterocycles. The highest BCUT2D eigenvalue weighted by molar-refractivity contribution is 5.83. The molecule has 0 rings (SSSR count). The van der Waals surface area contributed by atoms with Gasteiger partial charge in [0.25, 0.3) is 0 Å². The number of hydrogen-bond donors (Lipinski definition) is 3. The Bertz CT molecular complexity index is 1100. The lowest BCUT2D eigenvalue weighted by Crippen LogP contribution is -2.40. The van der Waals surface area contributed by atoms with Gasteiger partial charge in [-0.1, -0.05) is 131 Å². The summed E-state index contributed by atoms with van der Waals surface area (Å²) in [6.07, 6.45) is 52.1. The van der Waals surface area contributed by atoms with Gasteiger partial charge in [-0.25, -0.2) is 4.79 Å². The summed E-state index contributed by atoms with van der Waals surface area (Å²) in [6, 6.07) is -0.881. The molecular formula is C46H76N2O5. The Morgan fingerprint density at radius 3 is 1.66 bits per heavy atom. The highest BCUT2D eigenvalue weighted by atomic mass is 16.5. The van der Waals surface area contributed by atoms with Crippen LogP contribution in [0.25, 0.3) is 0 Å². The number of carboxylic acid groups (broad SMARTS) is 1. The fraction of sp³-hybridized carbons (Fsp3) is 0.630. The number of amides is 1. The zero-order valence-corrected chi connectivity index (χ0v) is 33.6. The molecule has 1 amide bonds. The fourth-order valence-corrected chi connectivity index (χ4v) is 5.54. The molecule has 0 bridgehead atoms. The Morgan fingerprint density at radius 1 is 0.585 bits per heavy atom. The number of rotatable bonds is 36. The van der Waals surface area contributed by atoms with Crippen LogP contribution in [-0.4, -0.2) is 41.6 Å². The number of hydrogen-bond acceptors (Lipinski definition) is 5. The van der Waals surface area contributed by atoms with E-state index in [1.165, 1.54) is 25.7 Å². The molecule has 4 N–H and O–H groups in total. The predicted octanol–water partition coefficient (Wildman–Crippen LogP) is 11.7. The van der Waals surface area contributed by atoms with E-state index in [9.17, 15) is 19.5 Å². The minimum atomic E-state index is -1.02. The van der Waals surface area contributed by atoms with Gasteiger partial charge in [0.1, 0.15) is 12.1 Å². The van der Waals surface area contributed by atoms with Crippen molar-refractivity contribution in [3.8, 4) is 0 Å². The molecule has 2 unspecified atom stereocenters. The summed E-state index contributed by atoms with van der Waals surface area (Å²) in [6.45, 7) is 4.77. The van der Waals surface area contributed by atoms with Gasteiger partial charge in [-0.2, -0.15) is 0 Å². The van der Waals surface area contributed by atoms with E-state index >= 15 is 0 Å². The van der Waals surface area contributed by atoms with E-state index in [-0.39, 0.29) is 18.0 Å². The van der Waals surface area contributed by atoms with Gasteiger partial charge in [-0.15, -0.1) is 0 Å². The summed E-state index contributed by atoms with van der Waals surface area (Å²) in [4.78, 5) is 36.3. The van der Waals surface area contributed by atoms with Crippen LogP contribution in [0.15, 0.2) is 85.1 Å². The van der Waals surface area contributed by atoms with Crippen molar-refractivity contribution >= 4 is 17.8 Å². The van der Waals surface area contributed by atoms with E-state index in [0.717, 1.165) is 96.3 Å². The molecule has 0 aromatic carbocycles. The van der Waals surface area contributed by atoms with Gasteiger partial charge in [0, 0.05) is 12.8 Å². The molecule has 0 heterocycles. The molecular weight excluding hydrogens is 661 g/mol. The van der Waals surface area contributed by atoms with Crippen LogP contribution in [0.2, 0.25) is 0 Å². The van der Waals surface area contributed by atoms with Crippen LogP contribution in [0.4, 0.5) is 0 Å². The van der Waals surface area contributed by atoms with E-state index < -0.39 is 12.0 Å². The van der Waals surface area contributed by atoms with Crippen LogP contribution in [0.5, 0.6) is 0 Å². The van der Waals surface area contributed by atoms with Crippen molar-refractivity contribution in [3.05, 3.63) is 85.1 Å². The average molecular weight is 737 g/mol. The van der Waals surface area contributed by atoms with E-state index in [0.29, 0.717) is 38.6 Å². The van der Waals surface area contributed by atoms with Crippen LogP contribution in [0.3, 0.4) is 0 Å². The lowest BCUT2D eigenvalue weighted by molar-refractivity contribution is -0.147. The standard InChI is InChI=1S/C46H76N2O5/c1-3-5-7-9-11-13-14-15-16-17-18-19-20-21-22-24-26-28-34-40-45(50)53-42(36-31-27-25-23-12-10-8-6-4-2)37-32-29-30-33-39-44(49)48-43(46(51)52)38-35-41-47/h5,7,11,13,15-16,18-19,21-23,25,31,36,42-43H,3-4,6,8-10,12,14,17,20,24,26-30,32-35,37-41,47H2,1-2H3,(H,48,49)(H,51,52)/b7-5-,13-11-,16-15-,19-18-,22-21-,25-23-,36-31-. The Balaban J connectivity index is 4.42. The molecule has 7 nitrogen and oxygen atoms in total. The number of allylic oxidation sites excluding steroid dienone is 13. The van der Waals surface area contributed by atoms with E-state index in [2.05, 4.69) is 98.2 Å². The molecule has 300 valence electrons. The summed E-state index contributed by atoms with van der Waals surface area (Å²) in [7, 11) is 0.